The van der Waals surface area contributed by atoms with Gasteiger partial charge in [-0.15, -0.1) is 10.2 Å². The molecular formula is C18H20N4O3. The van der Waals surface area contributed by atoms with Gasteiger partial charge in [-0.25, -0.2) is 0 Å². The van der Waals surface area contributed by atoms with Crippen molar-refractivity contribution in [1.29, 1.82) is 0 Å². The zero-order valence-electron chi connectivity index (χ0n) is 14.1. The molecule has 1 aromatic carbocycles. The standard InChI is InChI=1S/C18H20N4O3/c1-12-3-2-8-22(10-12)17-7-5-14(20-21-17)18(23)19-13-4-6-15-16(9-13)25-11-24-15/h4-7,9,12H,2-3,8,10-11H2,1H3,(H,19,23). The smallest absolute Gasteiger partial charge is 0.276 e. The molecule has 1 saturated heterocycles. The van der Waals surface area contributed by atoms with Gasteiger partial charge in [0.05, 0.1) is 0 Å². The first-order valence-corrected chi connectivity index (χ1v) is 8.49. The Morgan fingerprint density at radius 1 is 1.20 bits per heavy atom. The van der Waals surface area contributed by atoms with E-state index in [2.05, 4.69) is 27.3 Å². The minimum Gasteiger partial charge on any atom is -0.454 e. The lowest BCUT2D eigenvalue weighted by atomic mass is 10.0. The largest absolute Gasteiger partial charge is 0.454 e. The third kappa shape index (κ3) is 3.35. The van der Waals surface area contributed by atoms with E-state index in [-0.39, 0.29) is 18.4 Å². The zero-order valence-corrected chi connectivity index (χ0v) is 14.1. The summed E-state index contributed by atoms with van der Waals surface area (Å²) in [4.78, 5) is 14.6. The molecule has 7 heteroatoms. The summed E-state index contributed by atoms with van der Waals surface area (Å²) in [5, 5.41) is 11.1. The van der Waals surface area contributed by atoms with Crippen molar-refractivity contribution >= 4 is 17.4 Å². The fraction of sp³-hybridized carbons (Fsp3) is 0.389. The minimum absolute atomic E-state index is 0.203. The number of ether oxygens (including phenoxy) is 2. The van der Waals surface area contributed by atoms with E-state index in [0.29, 0.717) is 23.1 Å². The third-order valence-electron chi connectivity index (χ3n) is 4.49. The van der Waals surface area contributed by atoms with Crippen LogP contribution in [0.25, 0.3) is 0 Å². The van der Waals surface area contributed by atoms with Crippen LogP contribution in [0.4, 0.5) is 11.5 Å². The lowest BCUT2D eigenvalue weighted by molar-refractivity contribution is 0.102. The Labute approximate surface area is 146 Å². The van der Waals surface area contributed by atoms with Crippen LogP contribution in [0.15, 0.2) is 30.3 Å². The summed E-state index contributed by atoms with van der Waals surface area (Å²) in [5.74, 6) is 2.48. The van der Waals surface area contributed by atoms with Gasteiger partial charge < -0.3 is 19.7 Å². The van der Waals surface area contributed by atoms with Crippen LogP contribution in [0.5, 0.6) is 11.5 Å². The van der Waals surface area contributed by atoms with Gasteiger partial charge in [-0.05, 0) is 43.0 Å². The van der Waals surface area contributed by atoms with Crippen LogP contribution in [0.2, 0.25) is 0 Å². The number of carbonyl (C=O) groups excluding carboxylic acids is 1. The van der Waals surface area contributed by atoms with Crippen molar-refractivity contribution < 1.29 is 14.3 Å². The highest BCUT2D eigenvalue weighted by molar-refractivity contribution is 6.03. The molecule has 0 radical (unpaired) electrons. The number of amides is 1. The summed E-state index contributed by atoms with van der Waals surface area (Å²) >= 11 is 0. The molecule has 1 amide bonds. The second-order valence-corrected chi connectivity index (χ2v) is 6.49. The third-order valence-corrected chi connectivity index (χ3v) is 4.49. The summed E-state index contributed by atoms with van der Waals surface area (Å²) < 4.78 is 10.6. The molecule has 0 spiro atoms. The van der Waals surface area contributed by atoms with Crippen molar-refractivity contribution in [2.45, 2.75) is 19.8 Å². The molecule has 1 atom stereocenters. The predicted molar refractivity (Wildman–Crippen MR) is 93.2 cm³/mol. The molecule has 4 rings (SSSR count). The first-order valence-electron chi connectivity index (χ1n) is 8.49. The Balaban J connectivity index is 1.43. The summed E-state index contributed by atoms with van der Waals surface area (Å²) in [6.07, 6.45) is 2.41. The number of carbonyl (C=O) groups is 1. The van der Waals surface area contributed by atoms with Crippen LogP contribution in [0.1, 0.15) is 30.3 Å². The number of fused-ring (bicyclic) bond motifs is 1. The average Bonchev–Trinajstić information content (AvgIpc) is 3.09. The summed E-state index contributed by atoms with van der Waals surface area (Å²) in [7, 11) is 0. The van der Waals surface area contributed by atoms with E-state index in [1.807, 2.05) is 6.07 Å². The number of anilines is 2. The number of nitrogens with one attached hydrogen (secondary N) is 1. The second-order valence-electron chi connectivity index (χ2n) is 6.49. The quantitative estimate of drug-likeness (QED) is 0.926. The maximum absolute atomic E-state index is 12.4. The topological polar surface area (TPSA) is 76.6 Å². The number of aromatic nitrogens is 2. The monoisotopic (exact) mass is 340 g/mol. The lowest BCUT2D eigenvalue weighted by Crippen LogP contribution is -2.35. The average molecular weight is 340 g/mol. The van der Waals surface area contributed by atoms with Gasteiger partial charge >= 0.3 is 0 Å². The van der Waals surface area contributed by atoms with Crippen molar-refractivity contribution in [2.24, 2.45) is 5.92 Å². The van der Waals surface area contributed by atoms with Gasteiger partial charge in [0, 0.05) is 24.8 Å². The minimum atomic E-state index is -0.301. The summed E-state index contributed by atoms with van der Waals surface area (Å²) in [5.41, 5.74) is 0.913. The SMILES string of the molecule is CC1CCCN(c2ccc(C(=O)Nc3ccc4c(c3)OCO4)nn2)C1. The Morgan fingerprint density at radius 3 is 2.88 bits per heavy atom. The van der Waals surface area contributed by atoms with Crippen LogP contribution in [0.3, 0.4) is 0 Å². The van der Waals surface area contributed by atoms with E-state index in [0.717, 1.165) is 25.3 Å². The molecule has 0 saturated carbocycles. The van der Waals surface area contributed by atoms with Gasteiger partial charge in [0.2, 0.25) is 6.79 Å². The van der Waals surface area contributed by atoms with Crippen LogP contribution < -0.4 is 19.7 Å². The maximum atomic E-state index is 12.4. The molecule has 0 aliphatic carbocycles. The van der Waals surface area contributed by atoms with Gasteiger partial charge in [-0.2, -0.15) is 0 Å². The molecule has 1 fully saturated rings. The van der Waals surface area contributed by atoms with Gasteiger partial charge in [0.25, 0.3) is 5.91 Å². The molecule has 2 aliphatic rings. The van der Waals surface area contributed by atoms with Crippen LogP contribution >= 0.6 is 0 Å². The first kappa shape index (κ1) is 15.7. The Morgan fingerprint density at radius 2 is 2.08 bits per heavy atom. The van der Waals surface area contributed by atoms with Gasteiger partial charge in [-0.1, -0.05) is 6.92 Å². The van der Waals surface area contributed by atoms with E-state index in [9.17, 15) is 4.79 Å². The molecule has 2 aliphatic heterocycles. The van der Waals surface area contributed by atoms with E-state index in [1.54, 1.807) is 24.3 Å². The molecule has 3 heterocycles. The molecule has 1 aromatic heterocycles. The van der Waals surface area contributed by atoms with Gasteiger partial charge in [0.15, 0.2) is 23.0 Å². The normalized spacial score (nSPS) is 18.9. The van der Waals surface area contributed by atoms with Gasteiger partial charge in [-0.3, -0.25) is 4.79 Å². The Kier molecular flexibility index (Phi) is 4.13. The van der Waals surface area contributed by atoms with E-state index in [1.165, 1.54) is 6.42 Å². The molecule has 130 valence electrons. The molecule has 25 heavy (non-hydrogen) atoms. The maximum Gasteiger partial charge on any atom is 0.276 e. The zero-order chi connectivity index (χ0) is 17.2. The molecule has 2 aromatic rings. The Bertz CT molecular complexity index is 778. The van der Waals surface area contributed by atoms with E-state index >= 15 is 0 Å². The number of rotatable bonds is 3. The van der Waals surface area contributed by atoms with Gasteiger partial charge in [0.1, 0.15) is 0 Å². The summed E-state index contributed by atoms with van der Waals surface area (Å²) in [6, 6.07) is 8.84. The molecule has 1 N–H and O–H groups in total. The summed E-state index contributed by atoms with van der Waals surface area (Å²) in [6.45, 7) is 4.42. The van der Waals surface area contributed by atoms with Crippen LogP contribution in [-0.2, 0) is 0 Å². The van der Waals surface area contributed by atoms with Crippen LogP contribution in [0, 0.1) is 5.92 Å². The number of hydrogen-bond acceptors (Lipinski definition) is 6. The highest BCUT2D eigenvalue weighted by Crippen LogP contribution is 2.34. The van der Waals surface area contributed by atoms with Crippen molar-refractivity contribution in [3.63, 3.8) is 0 Å². The van der Waals surface area contributed by atoms with Crippen molar-refractivity contribution in [2.75, 3.05) is 30.1 Å². The fourth-order valence-corrected chi connectivity index (χ4v) is 3.18. The molecule has 7 nitrogen and oxygen atoms in total. The van der Waals surface area contributed by atoms with Crippen molar-refractivity contribution in [3.05, 3.63) is 36.0 Å². The number of nitrogens with zero attached hydrogens (tertiary/aromatic N) is 3. The molecule has 1 unspecified atom stereocenters. The van der Waals surface area contributed by atoms with Crippen molar-refractivity contribution in [1.82, 2.24) is 10.2 Å². The second kappa shape index (κ2) is 6.58. The Hall–Kier alpha value is -2.83. The highest BCUT2D eigenvalue weighted by atomic mass is 16.7. The molecule has 0 bridgehead atoms. The first-order chi connectivity index (χ1) is 12.2. The van der Waals surface area contributed by atoms with E-state index in [4.69, 9.17) is 9.47 Å². The highest BCUT2D eigenvalue weighted by Gasteiger charge is 2.19. The fourth-order valence-electron chi connectivity index (χ4n) is 3.18. The van der Waals surface area contributed by atoms with Crippen molar-refractivity contribution in [3.8, 4) is 11.5 Å². The van der Waals surface area contributed by atoms with Crippen LogP contribution in [-0.4, -0.2) is 36.0 Å². The number of benzene rings is 1. The predicted octanol–water partition coefficient (Wildman–Crippen LogP) is 2.69. The van der Waals surface area contributed by atoms with E-state index < -0.39 is 0 Å². The molecular weight excluding hydrogens is 320 g/mol. The number of hydrogen-bond donors (Lipinski definition) is 1. The lowest BCUT2D eigenvalue weighted by Gasteiger charge is -2.31. The number of piperidine rings is 1.